The molecule has 6 nitrogen and oxygen atoms in total. The van der Waals surface area contributed by atoms with Gasteiger partial charge >= 0.3 is 0 Å². The van der Waals surface area contributed by atoms with E-state index in [2.05, 4.69) is 44.2 Å². The number of aryl methyl sites for hydroxylation is 1. The van der Waals surface area contributed by atoms with E-state index in [9.17, 15) is 4.39 Å². The highest BCUT2D eigenvalue weighted by Crippen LogP contribution is 2.36. The molecule has 0 aliphatic heterocycles. The average molecular weight is 449 g/mol. The topological polar surface area (TPSA) is 79.5 Å². The zero-order valence-electron chi connectivity index (χ0n) is 18.6. The van der Waals surface area contributed by atoms with Crippen molar-refractivity contribution in [3.05, 3.63) is 84.6 Å². The van der Waals surface area contributed by atoms with Crippen LogP contribution in [0.1, 0.15) is 5.56 Å². The van der Waals surface area contributed by atoms with Gasteiger partial charge in [-0.05, 0) is 71.6 Å². The van der Waals surface area contributed by atoms with Crippen LogP contribution >= 0.6 is 0 Å². The molecule has 0 fully saturated rings. The van der Waals surface area contributed by atoms with Gasteiger partial charge in [-0.1, -0.05) is 6.07 Å². The number of H-pyrrole nitrogens is 2. The number of ether oxygens (including phenoxy) is 1. The van der Waals surface area contributed by atoms with Crippen molar-refractivity contribution >= 4 is 21.9 Å². The lowest BCUT2D eigenvalue weighted by molar-refractivity contribution is 0.411. The van der Waals surface area contributed by atoms with Crippen LogP contribution in [0.25, 0.3) is 55.6 Å². The quantitative estimate of drug-likeness (QED) is 0.331. The highest BCUT2D eigenvalue weighted by molar-refractivity contribution is 6.00. The molecule has 2 N–H and O–H groups in total. The van der Waals surface area contributed by atoms with E-state index in [1.54, 1.807) is 12.4 Å². The second-order valence-corrected chi connectivity index (χ2v) is 8.21. The molecule has 0 saturated heterocycles. The van der Waals surface area contributed by atoms with Gasteiger partial charge in [0.1, 0.15) is 22.9 Å². The Morgan fingerprint density at radius 2 is 1.79 bits per heavy atom. The fraction of sp³-hybridized carbons (Fsp3) is 0.0741. The molecule has 0 saturated carbocycles. The molecule has 7 heteroatoms. The number of nitrogens with zero attached hydrogens (tertiary/aromatic N) is 3. The Labute approximate surface area is 194 Å². The third-order valence-electron chi connectivity index (χ3n) is 6.12. The number of halogens is 1. The van der Waals surface area contributed by atoms with E-state index in [1.165, 1.54) is 19.2 Å². The Kier molecular flexibility index (Phi) is 4.62. The fourth-order valence-electron chi connectivity index (χ4n) is 4.40. The minimum absolute atomic E-state index is 0.355. The van der Waals surface area contributed by atoms with Crippen molar-refractivity contribution in [1.29, 1.82) is 0 Å². The van der Waals surface area contributed by atoms with E-state index in [-0.39, 0.29) is 5.82 Å². The zero-order chi connectivity index (χ0) is 23.2. The summed E-state index contributed by atoms with van der Waals surface area (Å²) >= 11 is 0. The Balaban J connectivity index is 1.51. The first-order valence-corrected chi connectivity index (χ1v) is 10.8. The Hall–Kier alpha value is -4.52. The third-order valence-corrected chi connectivity index (χ3v) is 6.12. The molecular weight excluding hydrogens is 429 g/mol. The molecule has 4 heterocycles. The molecule has 0 radical (unpaired) electrons. The molecule has 0 aliphatic rings. The smallest absolute Gasteiger partial charge is 0.138 e. The monoisotopic (exact) mass is 449 g/mol. The van der Waals surface area contributed by atoms with Gasteiger partial charge in [0.2, 0.25) is 0 Å². The van der Waals surface area contributed by atoms with Crippen molar-refractivity contribution in [1.82, 2.24) is 25.1 Å². The van der Waals surface area contributed by atoms with E-state index in [0.717, 1.165) is 55.5 Å². The number of nitrogens with one attached hydrogen (secondary N) is 2. The largest absolute Gasteiger partial charge is 0.497 e. The number of hydrogen-bond acceptors (Lipinski definition) is 4. The molecule has 0 atom stereocenters. The maximum atomic E-state index is 14.2. The number of rotatable bonds is 4. The SMILES string of the molecule is COc1cc(F)cc(-c2ccnc3[nH]c(-c4n[nH]c5ccc(-c6cnccc6C)cc45)cc23)c1. The summed E-state index contributed by atoms with van der Waals surface area (Å²) in [7, 11) is 1.53. The molecule has 166 valence electrons. The van der Waals surface area contributed by atoms with E-state index in [4.69, 9.17) is 4.74 Å². The van der Waals surface area contributed by atoms with Crippen LogP contribution in [0.4, 0.5) is 4.39 Å². The van der Waals surface area contributed by atoms with Gasteiger partial charge in [-0.15, -0.1) is 0 Å². The van der Waals surface area contributed by atoms with Crippen LogP contribution < -0.4 is 4.74 Å². The zero-order valence-corrected chi connectivity index (χ0v) is 18.6. The van der Waals surface area contributed by atoms with Gasteiger partial charge in [0.15, 0.2) is 0 Å². The van der Waals surface area contributed by atoms with Gasteiger partial charge in [-0.3, -0.25) is 10.1 Å². The predicted octanol–water partition coefficient (Wildman–Crippen LogP) is 6.29. The van der Waals surface area contributed by atoms with Crippen molar-refractivity contribution < 1.29 is 9.13 Å². The van der Waals surface area contributed by atoms with Gasteiger partial charge in [0, 0.05) is 41.0 Å². The standard InChI is InChI=1S/C27H20FN5O/c1-15-5-7-29-14-23(15)16-3-4-24-22(11-16)26(33-32-24)25-13-21-20(6-8-30-27(21)31-25)17-9-18(28)12-19(10-17)34-2/h3-14H,1-2H3,(H,30,31)(H,32,33). The predicted molar refractivity (Wildman–Crippen MR) is 131 cm³/mol. The number of pyridine rings is 2. The van der Waals surface area contributed by atoms with E-state index in [0.29, 0.717) is 11.4 Å². The summed E-state index contributed by atoms with van der Waals surface area (Å²) in [5.74, 6) is 0.110. The minimum atomic E-state index is -0.355. The summed E-state index contributed by atoms with van der Waals surface area (Å²) in [4.78, 5) is 12.2. The molecule has 4 aromatic heterocycles. The molecule has 6 rings (SSSR count). The number of aromatic amines is 2. The van der Waals surface area contributed by atoms with Gasteiger partial charge in [-0.25, -0.2) is 9.37 Å². The van der Waals surface area contributed by atoms with Crippen molar-refractivity contribution in [2.75, 3.05) is 7.11 Å². The number of benzene rings is 2. The van der Waals surface area contributed by atoms with E-state index in [1.807, 2.05) is 36.5 Å². The molecule has 0 aliphatic carbocycles. The number of fused-ring (bicyclic) bond motifs is 2. The Bertz CT molecular complexity index is 1680. The summed E-state index contributed by atoms with van der Waals surface area (Å²) in [6.07, 6.45) is 5.38. The van der Waals surface area contributed by atoms with Crippen LogP contribution in [0.3, 0.4) is 0 Å². The normalized spacial score (nSPS) is 11.4. The third kappa shape index (κ3) is 3.29. The number of aromatic nitrogens is 5. The molecule has 0 unspecified atom stereocenters. The van der Waals surface area contributed by atoms with E-state index >= 15 is 0 Å². The van der Waals surface area contributed by atoms with Crippen molar-refractivity contribution in [2.24, 2.45) is 0 Å². The first kappa shape index (κ1) is 20.1. The van der Waals surface area contributed by atoms with E-state index < -0.39 is 0 Å². The van der Waals surface area contributed by atoms with Crippen LogP contribution in [0.15, 0.2) is 73.2 Å². The molecule has 34 heavy (non-hydrogen) atoms. The lowest BCUT2D eigenvalue weighted by Crippen LogP contribution is -1.88. The molecule has 0 bridgehead atoms. The summed E-state index contributed by atoms with van der Waals surface area (Å²) in [5, 5.41) is 9.57. The van der Waals surface area contributed by atoms with Crippen LogP contribution in [-0.2, 0) is 0 Å². The maximum absolute atomic E-state index is 14.2. The molecule has 0 amide bonds. The van der Waals surface area contributed by atoms with Crippen molar-refractivity contribution in [3.63, 3.8) is 0 Å². The molecule has 0 spiro atoms. The molecule has 6 aromatic rings. The lowest BCUT2D eigenvalue weighted by Gasteiger charge is -2.06. The van der Waals surface area contributed by atoms with Gasteiger partial charge in [-0.2, -0.15) is 5.10 Å². The number of hydrogen-bond donors (Lipinski definition) is 2. The highest BCUT2D eigenvalue weighted by Gasteiger charge is 2.16. The van der Waals surface area contributed by atoms with Crippen LogP contribution in [0.2, 0.25) is 0 Å². The average Bonchev–Trinajstić information content (AvgIpc) is 3.47. The summed E-state index contributed by atoms with van der Waals surface area (Å²) in [5.41, 5.74) is 8.13. The summed E-state index contributed by atoms with van der Waals surface area (Å²) in [6, 6.07) is 16.8. The summed E-state index contributed by atoms with van der Waals surface area (Å²) < 4.78 is 19.4. The van der Waals surface area contributed by atoms with Crippen molar-refractivity contribution in [2.45, 2.75) is 6.92 Å². The van der Waals surface area contributed by atoms with Gasteiger partial charge in [0.05, 0.1) is 18.3 Å². The second-order valence-electron chi connectivity index (χ2n) is 8.21. The second kappa shape index (κ2) is 7.81. The van der Waals surface area contributed by atoms with Crippen LogP contribution in [0, 0.1) is 12.7 Å². The Morgan fingerprint density at radius 1 is 0.882 bits per heavy atom. The first-order valence-electron chi connectivity index (χ1n) is 10.8. The molecular formula is C27H20FN5O. The van der Waals surface area contributed by atoms with Crippen molar-refractivity contribution in [3.8, 4) is 39.4 Å². The van der Waals surface area contributed by atoms with Crippen LogP contribution in [0.5, 0.6) is 5.75 Å². The number of methoxy groups -OCH3 is 1. The Morgan fingerprint density at radius 3 is 2.65 bits per heavy atom. The summed E-state index contributed by atoms with van der Waals surface area (Å²) in [6.45, 7) is 2.07. The minimum Gasteiger partial charge on any atom is -0.497 e. The van der Waals surface area contributed by atoms with Crippen LogP contribution in [-0.4, -0.2) is 32.3 Å². The highest BCUT2D eigenvalue weighted by atomic mass is 19.1. The fourth-order valence-corrected chi connectivity index (χ4v) is 4.40. The maximum Gasteiger partial charge on any atom is 0.138 e. The lowest BCUT2D eigenvalue weighted by atomic mass is 10.0. The van der Waals surface area contributed by atoms with Gasteiger partial charge in [0.25, 0.3) is 0 Å². The first-order chi connectivity index (χ1) is 16.6. The molecule has 2 aromatic carbocycles. The van der Waals surface area contributed by atoms with Gasteiger partial charge < -0.3 is 9.72 Å².